The number of methoxy groups -OCH3 is 2. The number of hydrogen-bond acceptors (Lipinski definition) is 7. The monoisotopic (exact) mass is 448 g/mol. The summed E-state index contributed by atoms with van der Waals surface area (Å²) in [6.07, 6.45) is 3.61. The predicted octanol–water partition coefficient (Wildman–Crippen LogP) is 2.01. The Morgan fingerprint density at radius 1 is 1.06 bits per heavy atom. The summed E-state index contributed by atoms with van der Waals surface area (Å²) in [5.41, 5.74) is 0.399. The van der Waals surface area contributed by atoms with E-state index >= 15 is 0 Å². The van der Waals surface area contributed by atoms with Crippen molar-refractivity contribution >= 4 is 35.2 Å². The molecule has 0 saturated carbocycles. The van der Waals surface area contributed by atoms with E-state index in [1.165, 1.54) is 14.2 Å². The number of nitrogens with one attached hydrogen (secondary N) is 2. The minimum Gasteiger partial charge on any atom is -0.495 e. The second-order valence-corrected chi connectivity index (χ2v) is 7.14. The van der Waals surface area contributed by atoms with E-state index in [0.717, 1.165) is 0 Å². The van der Waals surface area contributed by atoms with Gasteiger partial charge in [0.25, 0.3) is 0 Å². The molecule has 166 valence electrons. The molecule has 11 heteroatoms. The molecule has 1 aromatic carbocycles. The molecule has 0 spiro atoms. The van der Waals surface area contributed by atoms with Gasteiger partial charge in [0.05, 0.1) is 24.9 Å². The fourth-order valence-electron chi connectivity index (χ4n) is 3.18. The maximum absolute atomic E-state index is 12.4. The summed E-state index contributed by atoms with van der Waals surface area (Å²) in [4.78, 5) is 37.0. The van der Waals surface area contributed by atoms with Crippen LogP contribution >= 0.6 is 11.6 Å². The molecule has 31 heavy (non-hydrogen) atoms. The van der Waals surface area contributed by atoms with Gasteiger partial charge in [0.2, 0.25) is 11.9 Å². The number of anilines is 2. The molecule has 2 heterocycles. The molecule has 3 rings (SSSR count). The van der Waals surface area contributed by atoms with Gasteiger partial charge in [0, 0.05) is 57.6 Å². The molecule has 1 saturated heterocycles. The minimum absolute atomic E-state index is 0.0148. The highest BCUT2D eigenvalue weighted by molar-refractivity contribution is 6.32. The van der Waals surface area contributed by atoms with Gasteiger partial charge in [-0.25, -0.2) is 14.8 Å². The number of carbonyl (C=O) groups excluding carboxylic acids is 2. The first-order valence-electron chi connectivity index (χ1n) is 9.78. The highest BCUT2D eigenvalue weighted by Gasteiger charge is 2.22. The third-order valence-corrected chi connectivity index (χ3v) is 5.11. The Balaban J connectivity index is 1.43. The van der Waals surface area contributed by atoms with Crippen molar-refractivity contribution in [3.05, 3.63) is 35.6 Å². The number of carbonyl (C=O) groups is 2. The van der Waals surface area contributed by atoms with Crippen molar-refractivity contribution in [3.8, 4) is 11.5 Å². The van der Waals surface area contributed by atoms with E-state index in [1.54, 1.807) is 35.5 Å². The van der Waals surface area contributed by atoms with E-state index < -0.39 is 6.03 Å². The number of rotatable bonds is 7. The van der Waals surface area contributed by atoms with Crippen molar-refractivity contribution in [1.82, 2.24) is 20.2 Å². The third kappa shape index (κ3) is 5.88. The van der Waals surface area contributed by atoms with Gasteiger partial charge in [0.1, 0.15) is 11.5 Å². The van der Waals surface area contributed by atoms with E-state index in [1.807, 2.05) is 4.90 Å². The number of benzene rings is 1. The lowest BCUT2D eigenvalue weighted by molar-refractivity contribution is -0.131. The highest BCUT2D eigenvalue weighted by atomic mass is 35.5. The minimum atomic E-state index is -0.460. The van der Waals surface area contributed by atoms with E-state index in [-0.39, 0.29) is 18.9 Å². The van der Waals surface area contributed by atoms with E-state index in [9.17, 15) is 9.59 Å². The Morgan fingerprint density at radius 2 is 1.74 bits per heavy atom. The zero-order valence-electron chi connectivity index (χ0n) is 17.4. The lowest BCUT2D eigenvalue weighted by Crippen LogP contribution is -2.49. The van der Waals surface area contributed by atoms with Gasteiger partial charge < -0.3 is 29.9 Å². The molecule has 10 nitrogen and oxygen atoms in total. The fourth-order valence-corrected chi connectivity index (χ4v) is 3.42. The molecule has 3 amide bonds. The van der Waals surface area contributed by atoms with Gasteiger partial charge >= 0.3 is 6.03 Å². The van der Waals surface area contributed by atoms with Crippen molar-refractivity contribution < 1.29 is 19.1 Å². The fraction of sp³-hybridized carbons (Fsp3) is 0.400. The second kappa shape index (κ2) is 10.7. The maximum atomic E-state index is 12.4. The Labute approximate surface area is 185 Å². The predicted molar refractivity (Wildman–Crippen MR) is 117 cm³/mol. The summed E-state index contributed by atoms with van der Waals surface area (Å²) >= 11 is 6.11. The highest BCUT2D eigenvalue weighted by Crippen LogP contribution is 2.35. The molecule has 2 aromatic rings. The number of nitrogens with zero attached hydrogens (tertiary/aromatic N) is 4. The zero-order valence-corrected chi connectivity index (χ0v) is 18.2. The molecule has 2 N–H and O–H groups in total. The van der Waals surface area contributed by atoms with Crippen molar-refractivity contribution in [2.45, 2.75) is 6.42 Å². The zero-order chi connectivity index (χ0) is 22.2. The number of ether oxygens (including phenoxy) is 2. The van der Waals surface area contributed by atoms with Crippen LogP contribution in [0.15, 0.2) is 30.6 Å². The largest absolute Gasteiger partial charge is 0.495 e. The Kier molecular flexibility index (Phi) is 7.71. The molecule has 0 unspecified atom stereocenters. The molecule has 1 aliphatic rings. The topological polar surface area (TPSA) is 109 Å². The number of urea groups is 1. The third-order valence-electron chi connectivity index (χ3n) is 4.81. The SMILES string of the molecule is COc1cc(OC)c(NC(=O)NCCC(=O)N2CCN(c3ncccn3)CC2)cc1Cl. The summed E-state index contributed by atoms with van der Waals surface area (Å²) < 4.78 is 10.4. The van der Waals surface area contributed by atoms with Crippen molar-refractivity contribution in [3.63, 3.8) is 0 Å². The van der Waals surface area contributed by atoms with E-state index in [0.29, 0.717) is 54.3 Å². The molecular formula is C20H25ClN6O4. The van der Waals surface area contributed by atoms with Crippen LogP contribution in [0.5, 0.6) is 11.5 Å². The molecule has 1 fully saturated rings. The van der Waals surface area contributed by atoms with Crippen LogP contribution in [0.3, 0.4) is 0 Å². The molecule has 0 atom stereocenters. The van der Waals surface area contributed by atoms with E-state index in [4.69, 9.17) is 21.1 Å². The first-order chi connectivity index (χ1) is 15.0. The number of aromatic nitrogens is 2. The van der Waals surface area contributed by atoms with Crippen LogP contribution in [0.2, 0.25) is 5.02 Å². The number of halogens is 1. The number of amides is 3. The van der Waals surface area contributed by atoms with Crippen LogP contribution in [-0.2, 0) is 4.79 Å². The van der Waals surface area contributed by atoms with Crippen LogP contribution in [0.25, 0.3) is 0 Å². The smallest absolute Gasteiger partial charge is 0.319 e. The van der Waals surface area contributed by atoms with Gasteiger partial charge in [-0.3, -0.25) is 4.79 Å². The summed E-state index contributed by atoms with van der Waals surface area (Å²) in [6.45, 7) is 2.72. The average molecular weight is 449 g/mol. The first kappa shape index (κ1) is 22.4. The normalized spacial score (nSPS) is 13.5. The Morgan fingerprint density at radius 3 is 2.39 bits per heavy atom. The van der Waals surface area contributed by atoms with Gasteiger partial charge in [0.15, 0.2) is 0 Å². The van der Waals surface area contributed by atoms with E-state index in [2.05, 4.69) is 20.6 Å². The molecule has 0 radical (unpaired) electrons. The summed E-state index contributed by atoms with van der Waals surface area (Å²) in [5.74, 6) is 1.50. The maximum Gasteiger partial charge on any atom is 0.319 e. The van der Waals surface area contributed by atoms with Crippen LogP contribution < -0.4 is 25.0 Å². The van der Waals surface area contributed by atoms with Crippen molar-refractivity contribution in [2.75, 3.05) is 57.2 Å². The quantitative estimate of drug-likeness (QED) is 0.666. The Hall–Kier alpha value is -3.27. The van der Waals surface area contributed by atoms with Crippen molar-refractivity contribution in [1.29, 1.82) is 0 Å². The lowest BCUT2D eigenvalue weighted by Gasteiger charge is -2.34. The average Bonchev–Trinajstić information content (AvgIpc) is 2.80. The van der Waals surface area contributed by atoms with Crippen LogP contribution in [0.4, 0.5) is 16.4 Å². The van der Waals surface area contributed by atoms with Gasteiger partial charge in [-0.1, -0.05) is 11.6 Å². The summed E-state index contributed by atoms with van der Waals surface area (Å²) in [6, 6.07) is 4.44. The van der Waals surface area contributed by atoms with Gasteiger partial charge in [-0.05, 0) is 12.1 Å². The second-order valence-electron chi connectivity index (χ2n) is 6.73. The number of hydrogen-bond donors (Lipinski definition) is 2. The van der Waals surface area contributed by atoms with Gasteiger partial charge in [-0.2, -0.15) is 0 Å². The standard InChI is InChI=1S/C20H25ClN6O4/c1-30-16-13-17(31-2)15(12-14(16)21)25-20(29)24-7-4-18(28)26-8-10-27(11-9-26)19-22-5-3-6-23-19/h3,5-6,12-13H,4,7-11H2,1-2H3,(H2,24,25,29). The lowest BCUT2D eigenvalue weighted by atomic mass is 10.2. The molecule has 1 aromatic heterocycles. The molecule has 0 bridgehead atoms. The van der Waals surface area contributed by atoms with Crippen LogP contribution in [-0.4, -0.2) is 73.7 Å². The van der Waals surface area contributed by atoms with Gasteiger partial charge in [-0.15, -0.1) is 0 Å². The van der Waals surface area contributed by atoms with Crippen LogP contribution in [0.1, 0.15) is 6.42 Å². The first-order valence-corrected chi connectivity index (χ1v) is 10.2. The molecule has 0 aliphatic carbocycles. The molecule has 1 aliphatic heterocycles. The number of piperazine rings is 1. The Bertz CT molecular complexity index is 906. The van der Waals surface area contributed by atoms with Crippen LogP contribution in [0, 0.1) is 0 Å². The molecular weight excluding hydrogens is 424 g/mol. The van der Waals surface area contributed by atoms with Crippen molar-refractivity contribution in [2.24, 2.45) is 0 Å². The summed E-state index contributed by atoms with van der Waals surface area (Å²) in [5, 5.41) is 5.69. The summed E-state index contributed by atoms with van der Waals surface area (Å²) in [7, 11) is 2.97.